The molecule has 36 heavy (non-hydrogen) atoms. The lowest BCUT2D eigenvalue weighted by molar-refractivity contribution is -0.136. The second kappa shape index (κ2) is 8.73. The molecule has 3 heterocycles. The predicted octanol–water partition coefficient (Wildman–Crippen LogP) is 2.56. The zero-order chi connectivity index (χ0) is 25.0. The molecule has 5 fully saturated rings. The Morgan fingerprint density at radius 1 is 1.06 bits per heavy atom. The van der Waals surface area contributed by atoms with Crippen LogP contribution in [0.5, 0.6) is 0 Å². The first-order chi connectivity index (χ1) is 17.3. The van der Waals surface area contributed by atoms with E-state index in [4.69, 9.17) is 10.1 Å². The quantitative estimate of drug-likeness (QED) is 0.584. The summed E-state index contributed by atoms with van der Waals surface area (Å²) in [6, 6.07) is 9.22. The molecule has 4 aliphatic carbocycles. The highest BCUT2D eigenvalue weighted by atomic mass is 16.4. The van der Waals surface area contributed by atoms with Gasteiger partial charge in [0.15, 0.2) is 0 Å². The molecule has 190 valence electrons. The number of carboxylic acid groups (broad SMARTS) is 1. The summed E-state index contributed by atoms with van der Waals surface area (Å²) in [5.74, 6) is 0.954. The van der Waals surface area contributed by atoms with Gasteiger partial charge >= 0.3 is 5.97 Å². The number of aromatic carboxylic acids is 1. The van der Waals surface area contributed by atoms with Gasteiger partial charge in [-0.1, -0.05) is 6.07 Å². The Bertz CT molecular complexity index is 1160. The summed E-state index contributed by atoms with van der Waals surface area (Å²) in [4.78, 5) is 37.5. The van der Waals surface area contributed by atoms with Crippen molar-refractivity contribution in [3.8, 4) is 0 Å². The van der Waals surface area contributed by atoms with E-state index < -0.39 is 11.6 Å². The van der Waals surface area contributed by atoms with Gasteiger partial charge in [0.1, 0.15) is 17.2 Å². The van der Waals surface area contributed by atoms with Gasteiger partial charge in [-0.05, 0) is 81.0 Å². The Morgan fingerprint density at radius 2 is 1.83 bits per heavy atom. The van der Waals surface area contributed by atoms with E-state index >= 15 is 0 Å². The van der Waals surface area contributed by atoms with E-state index in [2.05, 4.69) is 27.0 Å². The third-order valence-corrected chi connectivity index (χ3v) is 8.76. The number of hydrogen-bond donors (Lipinski definition) is 3. The minimum absolute atomic E-state index is 0.0363. The summed E-state index contributed by atoms with van der Waals surface area (Å²) in [7, 11) is 0. The van der Waals surface area contributed by atoms with Crippen molar-refractivity contribution in [2.75, 3.05) is 29.4 Å². The minimum Gasteiger partial charge on any atom is -0.477 e. The van der Waals surface area contributed by atoms with E-state index in [1.807, 2.05) is 12.1 Å². The van der Waals surface area contributed by atoms with Crippen molar-refractivity contribution < 1.29 is 19.8 Å². The standard InChI is InChI=1S/C27H33N5O4/c1-16-15-31(20-5-6-22(26(34)35)28-14-20)7-8-32(16)23-4-2-3-21(29-23)25(33)30-24-18-9-17-10-19(24)13-27(36,11-17)12-18/h2-6,14,16-19,24,36H,7-13,15H2,1H3,(H,30,33)(H,34,35)/t16-,17?,18?,19?,24-,27-/m1/s1. The highest BCUT2D eigenvalue weighted by molar-refractivity contribution is 5.93. The molecule has 9 heteroatoms. The van der Waals surface area contributed by atoms with Gasteiger partial charge in [-0.15, -0.1) is 0 Å². The third kappa shape index (κ3) is 4.19. The van der Waals surface area contributed by atoms with Crippen LogP contribution in [0.1, 0.15) is 60.0 Å². The summed E-state index contributed by atoms with van der Waals surface area (Å²) in [5, 5.41) is 23.2. The van der Waals surface area contributed by atoms with E-state index in [-0.39, 0.29) is 23.7 Å². The fourth-order valence-corrected chi connectivity index (χ4v) is 7.38. The van der Waals surface area contributed by atoms with E-state index in [1.165, 1.54) is 6.07 Å². The van der Waals surface area contributed by atoms with Crippen molar-refractivity contribution in [2.24, 2.45) is 17.8 Å². The van der Waals surface area contributed by atoms with Crippen molar-refractivity contribution in [3.63, 3.8) is 0 Å². The van der Waals surface area contributed by atoms with Gasteiger partial charge in [0.25, 0.3) is 5.91 Å². The van der Waals surface area contributed by atoms with Crippen LogP contribution in [0, 0.1) is 17.8 Å². The number of hydrogen-bond acceptors (Lipinski definition) is 7. The van der Waals surface area contributed by atoms with Crippen LogP contribution in [0.4, 0.5) is 11.5 Å². The van der Waals surface area contributed by atoms with Crippen molar-refractivity contribution in [1.29, 1.82) is 0 Å². The normalized spacial score (nSPS) is 33.0. The maximum absolute atomic E-state index is 13.2. The first kappa shape index (κ1) is 23.2. The first-order valence-corrected chi connectivity index (χ1v) is 13.0. The molecule has 2 unspecified atom stereocenters. The van der Waals surface area contributed by atoms with Crippen molar-refractivity contribution in [2.45, 2.75) is 56.7 Å². The lowest BCUT2D eigenvalue weighted by Gasteiger charge is -2.58. The van der Waals surface area contributed by atoms with Crippen LogP contribution in [-0.2, 0) is 0 Å². The average molecular weight is 492 g/mol. The predicted molar refractivity (Wildman–Crippen MR) is 134 cm³/mol. The topological polar surface area (TPSA) is 119 Å². The molecule has 2 aromatic rings. The van der Waals surface area contributed by atoms with Gasteiger partial charge in [0.2, 0.25) is 0 Å². The van der Waals surface area contributed by atoms with Gasteiger partial charge in [0, 0.05) is 31.7 Å². The Balaban J connectivity index is 1.11. The maximum Gasteiger partial charge on any atom is 0.354 e. The zero-order valence-corrected chi connectivity index (χ0v) is 20.5. The number of aromatic nitrogens is 2. The Labute approximate surface area is 210 Å². The molecule has 4 bridgehead atoms. The Hall–Kier alpha value is -3.20. The van der Waals surface area contributed by atoms with Crippen LogP contribution in [0.2, 0.25) is 0 Å². The largest absolute Gasteiger partial charge is 0.477 e. The van der Waals surface area contributed by atoms with E-state index in [9.17, 15) is 14.7 Å². The summed E-state index contributed by atoms with van der Waals surface area (Å²) in [5.41, 5.74) is 0.855. The van der Waals surface area contributed by atoms with Crippen LogP contribution in [0.3, 0.4) is 0 Å². The van der Waals surface area contributed by atoms with E-state index in [0.717, 1.165) is 63.2 Å². The number of carbonyl (C=O) groups is 2. The van der Waals surface area contributed by atoms with Gasteiger partial charge in [-0.3, -0.25) is 4.79 Å². The molecule has 7 rings (SSSR count). The molecule has 1 amide bonds. The molecule has 5 aliphatic rings. The highest BCUT2D eigenvalue weighted by Crippen LogP contribution is 2.55. The maximum atomic E-state index is 13.2. The highest BCUT2D eigenvalue weighted by Gasteiger charge is 2.55. The Morgan fingerprint density at radius 3 is 2.47 bits per heavy atom. The number of amides is 1. The van der Waals surface area contributed by atoms with Gasteiger partial charge in [-0.2, -0.15) is 0 Å². The number of nitrogens with zero attached hydrogens (tertiary/aromatic N) is 4. The Kier molecular flexibility index (Phi) is 5.63. The molecule has 3 atom stereocenters. The van der Waals surface area contributed by atoms with Gasteiger partial charge in [-0.25, -0.2) is 14.8 Å². The lowest BCUT2D eigenvalue weighted by Crippen LogP contribution is -2.61. The van der Waals surface area contributed by atoms with Crippen LogP contribution < -0.4 is 15.1 Å². The fraction of sp³-hybridized carbons (Fsp3) is 0.556. The molecule has 4 saturated carbocycles. The molecule has 3 N–H and O–H groups in total. The summed E-state index contributed by atoms with van der Waals surface area (Å²) >= 11 is 0. The molecule has 0 aromatic carbocycles. The van der Waals surface area contributed by atoms with Crippen LogP contribution >= 0.6 is 0 Å². The van der Waals surface area contributed by atoms with E-state index in [1.54, 1.807) is 18.3 Å². The number of carbonyl (C=O) groups excluding carboxylic acids is 1. The number of rotatable bonds is 5. The van der Waals surface area contributed by atoms with Gasteiger partial charge in [0.05, 0.1) is 17.5 Å². The molecule has 1 aliphatic heterocycles. The molecule has 2 aromatic heterocycles. The lowest BCUT2D eigenvalue weighted by atomic mass is 9.52. The summed E-state index contributed by atoms with van der Waals surface area (Å²) < 4.78 is 0. The molecule has 1 saturated heterocycles. The van der Waals surface area contributed by atoms with Crippen LogP contribution in [-0.4, -0.2) is 69.4 Å². The number of anilines is 2. The zero-order valence-electron chi connectivity index (χ0n) is 20.5. The fourth-order valence-electron chi connectivity index (χ4n) is 7.38. The smallest absolute Gasteiger partial charge is 0.354 e. The summed E-state index contributed by atoms with van der Waals surface area (Å²) in [6.07, 6.45) is 6.35. The first-order valence-electron chi connectivity index (χ1n) is 13.0. The summed E-state index contributed by atoms with van der Waals surface area (Å²) in [6.45, 7) is 4.33. The molecule has 9 nitrogen and oxygen atoms in total. The SMILES string of the molecule is C[C@@H]1CN(c2ccc(C(=O)O)nc2)CCN1c1cccc(C(=O)N[C@H]2C3CC4CC2C[C@](O)(C4)C3)n1. The number of pyridine rings is 2. The van der Waals surface area contributed by atoms with Crippen molar-refractivity contribution in [1.82, 2.24) is 15.3 Å². The van der Waals surface area contributed by atoms with E-state index in [0.29, 0.717) is 23.4 Å². The number of aliphatic hydroxyl groups is 1. The second-order valence-electron chi connectivity index (χ2n) is 11.3. The van der Waals surface area contributed by atoms with Crippen molar-refractivity contribution in [3.05, 3.63) is 47.9 Å². The van der Waals surface area contributed by atoms with Gasteiger partial charge < -0.3 is 25.3 Å². The molecular formula is C27H33N5O4. The monoisotopic (exact) mass is 491 g/mol. The molecule has 0 radical (unpaired) electrons. The number of piperazine rings is 1. The number of nitrogens with one attached hydrogen (secondary N) is 1. The van der Waals surface area contributed by atoms with Crippen LogP contribution in [0.15, 0.2) is 36.5 Å². The molecular weight excluding hydrogens is 458 g/mol. The molecule has 0 spiro atoms. The second-order valence-corrected chi connectivity index (χ2v) is 11.3. The minimum atomic E-state index is -1.03. The van der Waals surface area contributed by atoms with Crippen molar-refractivity contribution >= 4 is 23.4 Å². The van der Waals surface area contributed by atoms with Crippen LogP contribution in [0.25, 0.3) is 0 Å². The average Bonchev–Trinajstić information content (AvgIpc) is 2.85. The number of carboxylic acids is 1. The third-order valence-electron chi connectivity index (χ3n) is 8.76.